The SMILES string of the molecule is CC(=O)OC1(CNC(=O)OCCOC(=O)C(C)C)CCCCC1. The van der Waals surface area contributed by atoms with Crippen molar-refractivity contribution < 1.29 is 28.6 Å². The van der Waals surface area contributed by atoms with Crippen LogP contribution in [0.25, 0.3) is 0 Å². The van der Waals surface area contributed by atoms with Gasteiger partial charge in [0.1, 0.15) is 18.8 Å². The fraction of sp³-hybridized carbons (Fsp3) is 0.812. The normalized spacial score (nSPS) is 16.5. The topological polar surface area (TPSA) is 90.9 Å². The molecule has 0 aliphatic heterocycles. The van der Waals surface area contributed by atoms with Crippen LogP contribution in [0.1, 0.15) is 52.9 Å². The molecule has 1 rings (SSSR count). The first-order chi connectivity index (χ1) is 10.8. The Morgan fingerprint density at radius 2 is 1.65 bits per heavy atom. The van der Waals surface area contributed by atoms with E-state index in [0.29, 0.717) is 0 Å². The quantitative estimate of drug-likeness (QED) is 0.437. The average Bonchev–Trinajstić information content (AvgIpc) is 2.49. The molecule has 0 bridgehead atoms. The van der Waals surface area contributed by atoms with Crippen LogP contribution in [0.4, 0.5) is 4.79 Å². The van der Waals surface area contributed by atoms with Gasteiger partial charge in [-0.2, -0.15) is 0 Å². The molecule has 0 heterocycles. The van der Waals surface area contributed by atoms with Crippen LogP contribution in [0.15, 0.2) is 0 Å². The van der Waals surface area contributed by atoms with Crippen molar-refractivity contribution in [2.45, 2.75) is 58.5 Å². The van der Waals surface area contributed by atoms with Gasteiger partial charge in [-0.05, 0) is 25.7 Å². The Morgan fingerprint density at radius 1 is 1.04 bits per heavy atom. The second kappa shape index (κ2) is 9.37. The zero-order valence-electron chi connectivity index (χ0n) is 14.2. The molecule has 0 unspecified atom stereocenters. The highest BCUT2D eigenvalue weighted by molar-refractivity contribution is 5.71. The van der Waals surface area contributed by atoms with Crippen molar-refractivity contribution in [2.75, 3.05) is 19.8 Å². The summed E-state index contributed by atoms with van der Waals surface area (Å²) in [7, 11) is 0. The first-order valence-electron chi connectivity index (χ1n) is 8.11. The van der Waals surface area contributed by atoms with Crippen molar-refractivity contribution in [3.63, 3.8) is 0 Å². The molecule has 1 amide bonds. The number of hydrogen-bond donors (Lipinski definition) is 1. The highest BCUT2D eigenvalue weighted by atomic mass is 16.6. The summed E-state index contributed by atoms with van der Waals surface area (Å²) in [5.41, 5.74) is -0.632. The van der Waals surface area contributed by atoms with E-state index in [1.807, 2.05) is 0 Å². The van der Waals surface area contributed by atoms with Gasteiger partial charge < -0.3 is 19.5 Å². The van der Waals surface area contributed by atoms with E-state index in [-0.39, 0.29) is 37.6 Å². The Kier molecular flexibility index (Phi) is 7.85. The highest BCUT2D eigenvalue weighted by Crippen LogP contribution is 2.31. The van der Waals surface area contributed by atoms with Gasteiger partial charge in [0.2, 0.25) is 0 Å². The monoisotopic (exact) mass is 329 g/mol. The van der Waals surface area contributed by atoms with E-state index in [9.17, 15) is 14.4 Å². The molecule has 1 fully saturated rings. The minimum Gasteiger partial charge on any atom is -0.462 e. The van der Waals surface area contributed by atoms with Crippen LogP contribution in [-0.4, -0.2) is 43.4 Å². The first kappa shape index (κ1) is 19.3. The van der Waals surface area contributed by atoms with Crippen molar-refractivity contribution in [3.05, 3.63) is 0 Å². The maximum atomic E-state index is 11.7. The number of alkyl carbamates (subject to hydrolysis) is 1. The molecular formula is C16H27NO6. The number of amides is 1. The van der Waals surface area contributed by atoms with Crippen molar-refractivity contribution in [3.8, 4) is 0 Å². The summed E-state index contributed by atoms with van der Waals surface area (Å²) in [4.78, 5) is 34.2. The van der Waals surface area contributed by atoms with E-state index in [1.54, 1.807) is 13.8 Å². The highest BCUT2D eigenvalue weighted by Gasteiger charge is 2.35. The molecule has 23 heavy (non-hydrogen) atoms. The summed E-state index contributed by atoms with van der Waals surface area (Å²) in [6.45, 7) is 5.09. The molecule has 0 aromatic rings. The number of esters is 2. The summed E-state index contributed by atoms with van der Waals surface area (Å²) in [5, 5.41) is 2.63. The third-order valence-corrected chi connectivity index (χ3v) is 3.71. The molecule has 1 saturated carbocycles. The Bertz CT molecular complexity index is 415. The Morgan fingerprint density at radius 3 is 2.22 bits per heavy atom. The van der Waals surface area contributed by atoms with Gasteiger partial charge in [0.05, 0.1) is 12.5 Å². The van der Waals surface area contributed by atoms with Crippen molar-refractivity contribution >= 4 is 18.0 Å². The number of hydrogen-bond acceptors (Lipinski definition) is 6. The van der Waals surface area contributed by atoms with Gasteiger partial charge in [-0.25, -0.2) is 4.79 Å². The Labute approximate surface area is 137 Å². The van der Waals surface area contributed by atoms with Gasteiger partial charge in [0.15, 0.2) is 0 Å². The number of carbonyl (C=O) groups excluding carboxylic acids is 3. The summed E-state index contributed by atoms with van der Waals surface area (Å²) < 4.78 is 15.3. The lowest BCUT2D eigenvalue weighted by atomic mass is 9.84. The van der Waals surface area contributed by atoms with E-state index in [0.717, 1.165) is 32.1 Å². The number of ether oxygens (including phenoxy) is 3. The number of carbonyl (C=O) groups is 3. The van der Waals surface area contributed by atoms with Crippen LogP contribution in [-0.2, 0) is 23.8 Å². The molecule has 7 nitrogen and oxygen atoms in total. The molecule has 0 saturated heterocycles. The summed E-state index contributed by atoms with van der Waals surface area (Å²) in [5.74, 6) is -0.883. The Balaban J connectivity index is 2.29. The van der Waals surface area contributed by atoms with Gasteiger partial charge in [-0.1, -0.05) is 20.3 Å². The number of rotatable bonds is 7. The lowest BCUT2D eigenvalue weighted by Gasteiger charge is -2.36. The molecule has 0 aromatic heterocycles. The van der Waals surface area contributed by atoms with Crippen molar-refractivity contribution in [1.82, 2.24) is 5.32 Å². The molecule has 0 radical (unpaired) electrons. The maximum Gasteiger partial charge on any atom is 0.407 e. The lowest BCUT2D eigenvalue weighted by molar-refractivity contribution is -0.160. The van der Waals surface area contributed by atoms with Crippen LogP contribution in [0.3, 0.4) is 0 Å². The van der Waals surface area contributed by atoms with E-state index in [4.69, 9.17) is 14.2 Å². The molecule has 1 aliphatic carbocycles. The van der Waals surface area contributed by atoms with Gasteiger partial charge in [-0.3, -0.25) is 9.59 Å². The van der Waals surface area contributed by atoms with Crippen LogP contribution in [0.5, 0.6) is 0 Å². The van der Waals surface area contributed by atoms with E-state index in [1.165, 1.54) is 6.92 Å². The molecule has 132 valence electrons. The van der Waals surface area contributed by atoms with E-state index in [2.05, 4.69) is 5.32 Å². The summed E-state index contributed by atoms with van der Waals surface area (Å²) in [6, 6.07) is 0. The zero-order chi connectivity index (χ0) is 17.3. The second-order valence-corrected chi connectivity index (χ2v) is 6.15. The van der Waals surface area contributed by atoms with Crippen LogP contribution < -0.4 is 5.32 Å². The minimum atomic E-state index is -0.632. The van der Waals surface area contributed by atoms with Gasteiger partial charge in [0.25, 0.3) is 0 Å². The third kappa shape index (κ3) is 7.34. The molecule has 1 N–H and O–H groups in total. The Hall–Kier alpha value is -1.79. The summed E-state index contributed by atoms with van der Waals surface area (Å²) >= 11 is 0. The fourth-order valence-electron chi connectivity index (χ4n) is 2.54. The van der Waals surface area contributed by atoms with Crippen LogP contribution in [0.2, 0.25) is 0 Å². The smallest absolute Gasteiger partial charge is 0.407 e. The lowest BCUT2D eigenvalue weighted by Crippen LogP contribution is -2.47. The van der Waals surface area contributed by atoms with Gasteiger partial charge in [0, 0.05) is 6.92 Å². The second-order valence-electron chi connectivity index (χ2n) is 6.15. The maximum absolute atomic E-state index is 11.7. The molecule has 1 aliphatic rings. The van der Waals surface area contributed by atoms with Gasteiger partial charge in [-0.15, -0.1) is 0 Å². The molecule has 7 heteroatoms. The van der Waals surface area contributed by atoms with Crippen molar-refractivity contribution in [2.24, 2.45) is 5.92 Å². The predicted molar refractivity (Wildman–Crippen MR) is 82.7 cm³/mol. The molecular weight excluding hydrogens is 302 g/mol. The number of nitrogens with one attached hydrogen (secondary N) is 1. The largest absolute Gasteiger partial charge is 0.462 e. The van der Waals surface area contributed by atoms with E-state index >= 15 is 0 Å². The fourth-order valence-corrected chi connectivity index (χ4v) is 2.54. The van der Waals surface area contributed by atoms with Crippen molar-refractivity contribution in [1.29, 1.82) is 0 Å². The zero-order valence-corrected chi connectivity index (χ0v) is 14.2. The standard InChI is InChI=1S/C16H27NO6/c1-12(2)14(19)21-9-10-22-15(20)17-11-16(23-13(3)18)7-5-4-6-8-16/h12H,4-11H2,1-3H3,(H,17,20). The molecule has 0 atom stereocenters. The van der Waals surface area contributed by atoms with Gasteiger partial charge >= 0.3 is 18.0 Å². The summed E-state index contributed by atoms with van der Waals surface area (Å²) in [6.07, 6.45) is 3.90. The average molecular weight is 329 g/mol. The third-order valence-electron chi connectivity index (χ3n) is 3.71. The van der Waals surface area contributed by atoms with Crippen LogP contribution in [0, 0.1) is 5.92 Å². The van der Waals surface area contributed by atoms with Crippen LogP contribution >= 0.6 is 0 Å². The minimum absolute atomic E-state index is 0.00907. The predicted octanol–water partition coefficient (Wildman–Crippen LogP) is 2.18. The molecule has 0 spiro atoms. The molecule has 0 aromatic carbocycles. The first-order valence-corrected chi connectivity index (χ1v) is 8.11. The van der Waals surface area contributed by atoms with E-state index < -0.39 is 11.7 Å².